The minimum absolute atomic E-state index is 0.129. The summed E-state index contributed by atoms with van der Waals surface area (Å²) < 4.78 is 3.61. The number of alkyl halides is 1. The molecule has 4 nitrogen and oxygen atoms in total. The lowest BCUT2D eigenvalue weighted by atomic mass is 10.2. The van der Waals surface area contributed by atoms with Crippen LogP contribution in [-0.4, -0.2) is 27.4 Å². The molecule has 0 saturated heterocycles. The number of nitrogens with one attached hydrogen (secondary N) is 1. The summed E-state index contributed by atoms with van der Waals surface area (Å²) in [4.78, 5) is 11.3. The lowest BCUT2D eigenvalue weighted by Crippen LogP contribution is -2.26. The van der Waals surface area contributed by atoms with Gasteiger partial charge in [0.1, 0.15) is 0 Å². The number of nitrogens with zero attached hydrogens (tertiary/aromatic N) is 2. The third-order valence-corrected chi connectivity index (χ3v) is 2.81. The Morgan fingerprint density at radius 3 is 3.14 bits per heavy atom. The Hall–Kier alpha value is -0.680. The number of hydrogen-bond acceptors (Lipinski definition) is 4. The van der Waals surface area contributed by atoms with Crippen molar-refractivity contribution in [3.63, 3.8) is 0 Å². The Balaban J connectivity index is 2.23. The second kappa shape index (κ2) is 5.93. The summed E-state index contributed by atoms with van der Waals surface area (Å²) in [5.41, 5.74) is 0.373. The van der Waals surface area contributed by atoms with Gasteiger partial charge in [0.2, 0.25) is 0 Å². The van der Waals surface area contributed by atoms with Crippen LogP contribution in [0.2, 0.25) is 0 Å². The van der Waals surface area contributed by atoms with E-state index in [0.717, 1.165) is 24.4 Å². The van der Waals surface area contributed by atoms with Gasteiger partial charge >= 0.3 is 0 Å². The summed E-state index contributed by atoms with van der Waals surface area (Å²) in [6.45, 7) is 2.60. The van der Waals surface area contributed by atoms with Gasteiger partial charge in [-0.3, -0.25) is 4.79 Å². The fraction of sp³-hybridized carbons (Fsp3) is 0.625. The van der Waals surface area contributed by atoms with Crippen LogP contribution in [0.15, 0.2) is 5.38 Å². The summed E-state index contributed by atoms with van der Waals surface area (Å²) >= 11 is 7.06. The predicted molar refractivity (Wildman–Crippen MR) is 56.8 cm³/mol. The van der Waals surface area contributed by atoms with Crippen LogP contribution in [0, 0.1) is 0 Å². The van der Waals surface area contributed by atoms with Gasteiger partial charge < -0.3 is 5.32 Å². The molecule has 0 fully saturated rings. The Kier molecular flexibility index (Phi) is 4.82. The van der Waals surface area contributed by atoms with E-state index in [9.17, 15) is 4.79 Å². The average molecular weight is 234 g/mol. The predicted octanol–water partition coefficient (Wildman–Crippen LogP) is 1.68. The molecule has 6 heteroatoms. The van der Waals surface area contributed by atoms with Crippen molar-refractivity contribution in [1.29, 1.82) is 0 Å². The largest absolute Gasteiger partial charge is 0.351 e. The number of carbonyl (C=O) groups is 1. The summed E-state index contributed by atoms with van der Waals surface area (Å²) in [6, 6.07) is 0. The Morgan fingerprint density at radius 2 is 2.57 bits per heavy atom. The summed E-state index contributed by atoms with van der Waals surface area (Å²) in [5, 5.41) is 8.14. The fourth-order valence-corrected chi connectivity index (χ4v) is 1.45. The minimum Gasteiger partial charge on any atom is -0.351 e. The quantitative estimate of drug-likeness (QED) is 0.788. The lowest BCUT2D eigenvalue weighted by Gasteiger charge is -2.06. The zero-order valence-corrected chi connectivity index (χ0v) is 9.44. The molecule has 1 amide bonds. The molecule has 14 heavy (non-hydrogen) atoms. The molecule has 0 saturated carbocycles. The van der Waals surface area contributed by atoms with Crippen molar-refractivity contribution in [3.05, 3.63) is 11.1 Å². The Bertz CT molecular complexity index is 278. The van der Waals surface area contributed by atoms with Gasteiger partial charge in [0.25, 0.3) is 5.91 Å². The molecule has 1 rings (SSSR count). The van der Waals surface area contributed by atoms with E-state index in [1.807, 2.05) is 6.92 Å². The maximum Gasteiger partial charge on any atom is 0.272 e. The van der Waals surface area contributed by atoms with Gasteiger partial charge in [-0.15, -0.1) is 16.7 Å². The monoisotopic (exact) mass is 233 g/mol. The van der Waals surface area contributed by atoms with Gasteiger partial charge in [0.05, 0.1) is 0 Å². The first kappa shape index (κ1) is 11.4. The summed E-state index contributed by atoms with van der Waals surface area (Å²) in [7, 11) is 0. The van der Waals surface area contributed by atoms with E-state index in [1.165, 1.54) is 0 Å². The van der Waals surface area contributed by atoms with E-state index in [4.69, 9.17) is 11.6 Å². The minimum atomic E-state index is -0.182. The zero-order valence-electron chi connectivity index (χ0n) is 7.86. The number of halogens is 1. The number of aromatic nitrogens is 2. The van der Waals surface area contributed by atoms with Gasteiger partial charge in [-0.1, -0.05) is 11.4 Å². The molecule has 1 aromatic heterocycles. The third kappa shape index (κ3) is 3.59. The first-order chi connectivity index (χ1) is 6.74. The average Bonchev–Trinajstić information content (AvgIpc) is 2.70. The molecule has 1 heterocycles. The van der Waals surface area contributed by atoms with Crippen molar-refractivity contribution >= 4 is 29.0 Å². The topological polar surface area (TPSA) is 54.9 Å². The normalized spacial score (nSPS) is 12.4. The van der Waals surface area contributed by atoms with Crippen molar-refractivity contribution in [3.8, 4) is 0 Å². The Morgan fingerprint density at radius 1 is 1.79 bits per heavy atom. The molecule has 1 N–H and O–H groups in total. The Labute approximate surface area is 91.8 Å². The molecule has 1 unspecified atom stereocenters. The van der Waals surface area contributed by atoms with Crippen molar-refractivity contribution in [2.45, 2.75) is 25.1 Å². The molecule has 0 aromatic carbocycles. The van der Waals surface area contributed by atoms with E-state index in [1.54, 1.807) is 5.38 Å². The van der Waals surface area contributed by atoms with Gasteiger partial charge in [-0.05, 0) is 24.4 Å². The van der Waals surface area contributed by atoms with E-state index >= 15 is 0 Å². The van der Waals surface area contributed by atoms with Crippen LogP contribution in [0.1, 0.15) is 30.3 Å². The second-order valence-electron chi connectivity index (χ2n) is 2.84. The maximum atomic E-state index is 11.3. The van der Waals surface area contributed by atoms with Crippen molar-refractivity contribution in [1.82, 2.24) is 14.9 Å². The third-order valence-electron chi connectivity index (χ3n) is 1.78. The van der Waals surface area contributed by atoms with Gasteiger partial charge in [0.15, 0.2) is 5.69 Å². The van der Waals surface area contributed by atoms with Crippen LogP contribution < -0.4 is 5.32 Å². The molecule has 0 spiro atoms. The van der Waals surface area contributed by atoms with E-state index in [0.29, 0.717) is 12.2 Å². The van der Waals surface area contributed by atoms with E-state index in [-0.39, 0.29) is 11.3 Å². The van der Waals surface area contributed by atoms with Crippen molar-refractivity contribution in [2.24, 2.45) is 0 Å². The standard InChI is InChI=1S/C8H12ClN3OS/c1-2-6(9)3-4-10-8(13)7-5-14-12-11-7/h5-6H,2-4H2,1H3,(H,10,13). The van der Waals surface area contributed by atoms with Crippen LogP contribution in [-0.2, 0) is 0 Å². The number of rotatable bonds is 5. The van der Waals surface area contributed by atoms with Crippen molar-refractivity contribution < 1.29 is 4.79 Å². The fourth-order valence-electron chi connectivity index (χ4n) is 0.901. The first-order valence-corrected chi connectivity index (χ1v) is 5.70. The smallest absolute Gasteiger partial charge is 0.272 e. The molecular formula is C8H12ClN3OS. The molecule has 78 valence electrons. The van der Waals surface area contributed by atoms with Crippen molar-refractivity contribution in [2.75, 3.05) is 6.54 Å². The molecular weight excluding hydrogens is 222 g/mol. The molecule has 0 radical (unpaired) electrons. The highest BCUT2D eigenvalue weighted by Gasteiger charge is 2.08. The van der Waals surface area contributed by atoms with Crippen LogP contribution in [0.5, 0.6) is 0 Å². The maximum absolute atomic E-state index is 11.3. The van der Waals surface area contributed by atoms with E-state index < -0.39 is 0 Å². The second-order valence-corrected chi connectivity index (χ2v) is 4.07. The lowest BCUT2D eigenvalue weighted by molar-refractivity contribution is 0.0948. The van der Waals surface area contributed by atoms with Crippen LogP contribution in [0.25, 0.3) is 0 Å². The summed E-state index contributed by atoms with van der Waals surface area (Å²) in [5.74, 6) is -0.182. The van der Waals surface area contributed by atoms with Crippen LogP contribution in [0.3, 0.4) is 0 Å². The van der Waals surface area contributed by atoms with Gasteiger partial charge in [0, 0.05) is 17.3 Å². The van der Waals surface area contributed by atoms with E-state index in [2.05, 4.69) is 14.9 Å². The highest BCUT2D eigenvalue weighted by Crippen LogP contribution is 2.05. The van der Waals surface area contributed by atoms with Gasteiger partial charge in [-0.25, -0.2) is 0 Å². The highest BCUT2D eigenvalue weighted by molar-refractivity contribution is 7.03. The number of amides is 1. The number of carbonyl (C=O) groups excluding carboxylic acids is 1. The first-order valence-electron chi connectivity index (χ1n) is 4.43. The zero-order chi connectivity index (χ0) is 10.4. The molecule has 1 aromatic rings. The van der Waals surface area contributed by atoms with Crippen LogP contribution in [0.4, 0.5) is 0 Å². The highest BCUT2D eigenvalue weighted by atomic mass is 35.5. The molecule has 0 aliphatic heterocycles. The molecule has 0 aliphatic carbocycles. The van der Waals surface area contributed by atoms with Gasteiger partial charge in [-0.2, -0.15) is 0 Å². The molecule has 0 aliphatic rings. The summed E-state index contributed by atoms with van der Waals surface area (Å²) in [6.07, 6.45) is 1.69. The molecule has 0 bridgehead atoms. The molecule has 1 atom stereocenters. The number of hydrogen-bond donors (Lipinski definition) is 1. The van der Waals surface area contributed by atoms with Crippen LogP contribution >= 0.6 is 23.1 Å². The SMILES string of the molecule is CCC(Cl)CCNC(=O)c1csnn1.